The average Bonchev–Trinajstić information content (AvgIpc) is 3.59. The maximum absolute atomic E-state index is 14.6. The fourth-order valence-corrected chi connectivity index (χ4v) is 4.60. The second-order valence-electron chi connectivity index (χ2n) is 9.66. The van der Waals surface area contributed by atoms with Crippen LogP contribution in [0, 0.1) is 12.7 Å². The van der Waals surface area contributed by atoms with Crippen LogP contribution < -0.4 is 5.32 Å². The van der Waals surface area contributed by atoms with E-state index in [9.17, 15) is 4.39 Å². The lowest BCUT2D eigenvalue weighted by atomic mass is 10.0. The number of pyridine rings is 1. The molecule has 0 fully saturated rings. The second-order valence-corrected chi connectivity index (χ2v) is 9.66. The molecule has 0 radical (unpaired) electrons. The van der Waals surface area contributed by atoms with E-state index in [2.05, 4.69) is 30.4 Å². The van der Waals surface area contributed by atoms with Crippen LogP contribution in [0.3, 0.4) is 0 Å². The van der Waals surface area contributed by atoms with Crippen molar-refractivity contribution >= 4 is 27.8 Å². The number of halogens is 1. The molecule has 10 heteroatoms. The number of aromatic nitrogens is 7. The third kappa shape index (κ3) is 4.28. The van der Waals surface area contributed by atoms with E-state index in [1.807, 2.05) is 75.2 Å². The molecule has 0 amide bonds. The zero-order valence-electron chi connectivity index (χ0n) is 21.7. The smallest absolute Gasteiger partial charge is 0.161 e. The number of rotatable bonds is 7. The monoisotopic (exact) mass is 509 g/mol. The average molecular weight is 510 g/mol. The lowest BCUT2D eigenvalue weighted by molar-refractivity contribution is 0.425. The zero-order chi connectivity index (χ0) is 26.4. The van der Waals surface area contributed by atoms with Gasteiger partial charge in [-0.25, -0.2) is 19.3 Å². The number of fused-ring (bicyclic) bond motifs is 2. The molecule has 3 N–H and O–H groups in total. The van der Waals surface area contributed by atoms with Gasteiger partial charge in [-0.05, 0) is 63.0 Å². The van der Waals surface area contributed by atoms with Crippen LogP contribution in [0.2, 0.25) is 0 Å². The van der Waals surface area contributed by atoms with Gasteiger partial charge < -0.3 is 19.8 Å². The molecule has 38 heavy (non-hydrogen) atoms. The Balaban J connectivity index is 1.41. The van der Waals surface area contributed by atoms with Crippen LogP contribution in [0.5, 0.6) is 0 Å². The van der Waals surface area contributed by atoms with E-state index >= 15 is 0 Å². The van der Waals surface area contributed by atoms with Crippen LogP contribution in [-0.4, -0.2) is 66.8 Å². The molecule has 0 saturated carbocycles. The van der Waals surface area contributed by atoms with Gasteiger partial charge in [-0.3, -0.25) is 5.10 Å². The van der Waals surface area contributed by atoms with E-state index in [-0.39, 0.29) is 5.82 Å². The molecular weight excluding hydrogens is 481 g/mol. The first-order chi connectivity index (χ1) is 18.4. The Labute approximate surface area is 218 Å². The normalized spacial score (nSPS) is 11.7. The molecule has 2 aromatic carbocycles. The number of para-hydroxylation sites is 1. The summed E-state index contributed by atoms with van der Waals surface area (Å²) in [4.78, 5) is 19.7. The summed E-state index contributed by atoms with van der Waals surface area (Å²) in [6.07, 6.45) is 1.82. The van der Waals surface area contributed by atoms with E-state index in [4.69, 9.17) is 9.97 Å². The molecule has 4 heterocycles. The maximum atomic E-state index is 14.6. The predicted octanol–water partition coefficient (Wildman–Crippen LogP) is 4.99. The highest BCUT2D eigenvalue weighted by Gasteiger charge is 2.18. The standard InChI is InChI=1S/C28H28FN9/c1-16-31-15-24(38(16)4)21-8-9-23-26(32-21)27(36-35-23)28-33-22-7-5-6-20(25(22)34-28)17-12-18(29)14-19(13-17)30-10-11-37(2)3/h5-9,12-15,30H,10-11H2,1-4H3,(H,33,34)(H,35,36). The first-order valence-corrected chi connectivity index (χ1v) is 12.4. The first-order valence-electron chi connectivity index (χ1n) is 12.4. The number of benzene rings is 2. The van der Waals surface area contributed by atoms with E-state index < -0.39 is 0 Å². The lowest BCUT2D eigenvalue weighted by Crippen LogP contribution is -2.20. The molecule has 9 nitrogen and oxygen atoms in total. The van der Waals surface area contributed by atoms with Gasteiger partial charge in [-0.15, -0.1) is 0 Å². The number of aryl methyl sites for hydroxylation is 1. The van der Waals surface area contributed by atoms with E-state index in [1.54, 1.807) is 0 Å². The maximum Gasteiger partial charge on any atom is 0.161 e. The number of hydrogen-bond donors (Lipinski definition) is 3. The van der Waals surface area contributed by atoms with Crippen molar-refractivity contribution in [3.05, 3.63) is 66.4 Å². The van der Waals surface area contributed by atoms with Crippen molar-refractivity contribution in [1.29, 1.82) is 0 Å². The van der Waals surface area contributed by atoms with Crippen LogP contribution in [-0.2, 0) is 7.05 Å². The minimum atomic E-state index is -0.303. The highest BCUT2D eigenvalue weighted by atomic mass is 19.1. The summed E-state index contributed by atoms with van der Waals surface area (Å²) < 4.78 is 16.6. The molecule has 6 aromatic rings. The Kier molecular flexibility index (Phi) is 5.88. The molecule has 0 aliphatic rings. The number of aromatic amines is 2. The van der Waals surface area contributed by atoms with E-state index in [1.165, 1.54) is 12.1 Å². The molecule has 0 saturated heterocycles. The van der Waals surface area contributed by atoms with Crippen LogP contribution in [0.4, 0.5) is 10.1 Å². The first kappa shape index (κ1) is 23.8. The molecule has 6 rings (SSSR count). The van der Waals surface area contributed by atoms with Crippen LogP contribution in [0.1, 0.15) is 5.82 Å². The third-order valence-electron chi connectivity index (χ3n) is 6.72. The zero-order valence-corrected chi connectivity index (χ0v) is 21.7. The van der Waals surface area contributed by atoms with Gasteiger partial charge in [0.2, 0.25) is 0 Å². The molecule has 0 aliphatic carbocycles. The lowest BCUT2D eigenvalue weighted by Gasteiger charge is -2.13. The van der Waals surface area contributed by atoms with Crippen LogP contribution >= 0.6 is 0 Å². The van der Waals surface area contributed by atoms with Crippen molar-refractivity contribution in [3.63, 3.8) is 0 Å². The molecule has 0 atom stereocenters. The molecule has 0 spiro atoms. The van der Waals surface area contributed by atoms with Gasteiger partial charge >= 0.3 is 0 Å². The van der Waals surface area contributed by atoms with Crippen molar-refractivity contribution in [1.82, 2.24) is 39.6 Å². The number of nitrogens with one attached hydrogen (secondary N) is 3. The number of nitrogens with zero attached hydrogens (tertiary/aromatic N) is 6. The van der Waals surface area contributed by atoms with E-state index in [0.717, 1.165) is 57.1 Å². The number of H-pyrrole nitrogens is 2. The molecule has 0 bridgehead atoms. The summed E-state index contributed by atoms with van der Waals surface area (Å²) in [6.45, 7) is 3.52. The summed E-state index contributed by atoms with van der Waals surface area (Å²) in [5, 5.41) is 10.9. The van der Waals surface area contributed by atoms with Crippen molar-refractivity contribution in [3.8, 4) is 34.0 Å². The molecule has 0 unspecified atom stereocenters. The minimum Gasteiger partial charge on any atom is -0.384 e. The Hall–Kier alpha value is -4.57. The highest BCUT2D eigenvalue weighted by Crippen LogP contribution is 2.33. The van der Waals surface area contributed by atoms with Gasteiger partial charge in [-0.2, -0.15) is 5.10 Å². The number of hydrogen-bond acceptors (Lipinski definition) is 6. The largest absolute Gasteiger partial charge is 0.384 e. The fraction of sp³-hybridized carbons (Fsp3) is 0.214. The highest BCUT2D eigenvalue weighted by molar-refractivity contribution is 5.96. The summed E-state index contributed by atoms with van der Waals surface area (Å²) in [6, 6.07) is 14.8. The van der Waals surface area contributed by atoms with Crippen LogP contribution in [0.15, 0.2) is 54.7 Å². The topological polar surface area (TPSA) is 103 Å². The molecule has 4 aromatic heterocycles. The second kappa shape index (κ2) is 9.38. The van der Waals surface area contributed by atoms with Crippen molar-refractivity contribution in [2.75, 3.05) is 32.5 Å². The van der Waals surface area contributed by atoms with Gasteiger partial charge in [0.05, 0.1) is 34.1 Å². The Morgan fingerprint density at radius 3 is 2.68 bits per heavy atom. The SMILES string of the molecule is Cc1ncc(-c2ccc3[nH]nc(-c4nc5c(-c6cc(F)cc(NCCN(C)C)c6)cccc5[nH]4)c3n2)n1C. The Morgan fingerprint density at radius 1 is 1.03 bits per heavy atom. The van der Waals surface area contributed by atoms with Gasteiger partial charge in [0.1, 0.15) is 17.2 Å². The summed E-state index contributed by atoms with van der Waals surface area (Å²) >= 11 is 0. The number of imidazole rings is 2. The molecular formula is C28H28FN9. The predicted molar refractivity (Wildman–Crippen MR) is 148 cm³/mol. The summed E-state index contributed by atoms with van der Waals surface area (Å²) in [7, 11) is 5.98. The molecule has 192 valence electrons. The van der Waals surface area contributed by atoms with Gasteiger partial charge in [0.25, 0.3) is 0 Å². The van der Waals surface area contributed by atoms with Crippen molar-refractivity contribution in [2.45, 2.75) is 6.92 Å². The van der Waals surface area contributed by atoms with Crippen molar-refractivity contribution in [2.24, 2.45) is 7.05 Å². The van der Waals surface area contributed by atoms with Gasteiger partial charge in [0, 0.05) is 31.4 Å². The Bertz CT molecular complexity index is 1780. The Morgan fingerprint density at radius 2 is 1.89 bits per heavy atom. The number of anilines is 1. The summed E-state index contributed by atoms with van der Waals surface area (Å²) in [5.74, 6) is 1.20. The van der Waals surface area contributed by atoms with Gasteiger partial charge in [-0.1, -0.05) is 12.1 Å². The van der Waals surface area contributed by atoms with Crippen molar-refractivity contribution < 1.29 is 4.39 Å². The minimum absolute atomic E-state index is 0.303. The quantitative estimate of drug-likeness (QED) is 0.280. The molecule has 0 aliphatic heterocycles. The van der Waals surface area contributed by atoms with E-state index in [0.29, 0.717) is 23.6 Å². The van der Waals surface area contributed by atoms with Crippen LogP contribution in [0.25, 0.3) is 56.1 Å². The number of likely N-dealkylation sites (N-methyl/N-ethyl adjacent to an activating group) is 1. The fourth-order valence-electron chi connectivity index (χ4n) is 4.60. The third-order valence-corrected chi connectivity index (χ3v) is 6.72. The summed E-state index contributed by atoms with van der Waals surface area (Å²) in [5.41, 5.74) is 7.74. The van der Waals surface area contributed by atoms with Gasteiger partial charge in [0.15, 0.2) is 11.5 Å².